The molecule has 1 aromatic heterocycles. The van der Waals surface area contributed by atoms with Crippen molar-refractivity contribution in [2.45, 2.75) is 24.9 Å². The molecule has 0 saturated heterocycles. The van der Waals surface area contributed by atoms with E-state index in [1.807, 2.05) is 41.8 Å². The minimum atomic E-state index is -1.02. The van der Waals surface area contributed by atoms with Gasteiger partial charge >= 0.3 is 0 Å². The van der Waals surface area contributed by atoms with Crippen LogP contribution in [-0.4, -0.2) is 17.6 Å². The van der Waals surface area contributed by atoms with E-state index in [4.69, 9.17) is 11.6 Å². The van der Waals surface area contributed by atoms with E-state index in [9.17, 15) is 9.90 Å². The molecule has 3 atom stereocenters. The van der Waals surface area contributed by atoms with Crippen molar-refractivity contribution in [3.05, 3.63) is 57.2 Å². The normalized spacial score (nSPS) is 22.9. The molecule has 0 radical (unpaired) electrons. The van der Waals surface area contributed by atoms with Gasteiger partial charge in [-0.15, -0.1) is 11.3 Å². The maximum absolute atomic E-state index is 12.2. The van der Waals surface area contributed by atoms with E-state index in [-0.39, 0.29) is 24.3 Å². The lowest BCUT2D eigenvalue weighted by atomic mass is 10.0. The topological polar surface area (TPSA) is 49.3 Å². The van der Waals surface area contributed by atoms with Gasteiger partial charge in [0, 0.05) is 15.8 Å². The molecule has 0 spiro atoms. The number of aliphatic hydroxyl groups is 1. The summed E-state index contributed by atoms with van der Waals surface area (Å²) >= 11 is 7.48. The van der Waals surface area contributed by atoms with Crippen LogP contribution in [0.4, 0.5) is 0 Å². The molecule has 2 aromatic rings. The summed E-state index contributed by atoms with van der Waals surface area (Å²) in [5.41, 5.74) is 0.0854. The quantitative estimate of drug-likeness (QED) is 0.878. The van der Waals surface area contributed by atoms with E-state index < -0.39 is 5.60 Å². The van der Waals surface area contributed by atoms with Gasteiger partial charge in [0.1, 0.15) is 5.60 Å². The third-order valence-corrected chi connectivity index (χ3v) is 5.42. The largest absolute Gasteiger partial charge is 0.383 e. The number of nitrogens with one attached hydrogen (secondary N) is 1. The van der Waals surface area contributed by atoms with E-state index in [2.05, 4.69) is 5.32 Å². The zero-order valence-corrected chi connectivity index (χ0v) is 13.8. The van der Waals surface area contributed by atoms with Crippen LogP contribution in [0.25, 0.3) is 0 Å². The Morgan fingerprint density at radius 2 is 2.27 bits per heavy atom. The van der Waals surface area contributed by atoms with Gasteiger partial charge in [0.15, 0.2) is 0 Å². The second-order valence-corrected chi connectivity index (χ2v) is 7.36. The molecule has 5 heteroatoms. The second kappa shape index (κ2) is 6.03. The maximum Gasteiger partial charge on any atom is 0.223 e. The molecule has 0 bridgehead atoms. The SMILES string of the molecule is CC(O)(CNC(=O)C1CC1c1cccc(Cl)c1)c1cccs1. The van der Waals surface area contributed by atoms with E-state index >= 15 is 0 Å². The average molecular weight is 336 g/mol. The standard InChI is InChI=1S/C17H18ClNO2S/c1-17(21,15-6-3-7-22-15)10-19-16(20)14-9-13(14)11-4-2-5-12(18)8-11/h2-8,13-14,21H,9-10H2,1H3,(H,19,20). The maximum atomic E-state index is 12.2. The lowest BCUT2D eigenvalue weighted by Gasteiger charge is -2.22. The molecule has 22 heavy (non-hydrogen) atoms. The molecule has 3 rings (SSSR count). The van der Waals surface area contributed by atoms with E-state index in [1.54, 1.807) is 6.92 Å². The van der Waals surface area contributed by atoms with Crippen molar-refractivity contribution in [2.75, 3.05) is 6.54 Å². The van der Waals surface area contributed by atoms with Gasteiger partial charge in [-0.1, -0.05) is 29.8 Å². The Balaban J connectivity index is 1.56. The van der Waals surface area contributed by atoms with Gasteiger partial charge in [0.25, 0.3) is 0 Å². The molecule has 1 aliphatic rings. The van der Waals surface area contributed by atoms with E-state index in [0.29, 0.717) is 5.02 Å². The molecule has 2 N–H and O–H groups in total. The molecule has 1 amide bonds. The molecule has 1 aromatic carbocycles. The smallest absolute Gasteiger partial charge is 0.223 e. The first-order valence-electron chi connectivity index (χ1n) is 7.27. The van der Waals surface area contributed by atoms with Crippen molar-refractivity contribution in [1.82, 2.24) is 5.32 Å². The molecule has 1 saturated carbocycles. The van der Waals surface area contributed by atoms with Gasteiger partial charge in [-0.05, 0) is 48.4 Å². The molecule has 1 heterocycles. The summed E-state index contributed by atoms with van der Waals surface area (Å²) in [4.78, 5) is 13.1. The van der Waals surface area contributed by atoms with E-state index in [1.165, 1.54) is 11.3 Å². The Hall–Kier alpha value is -1.36. The number of thiophene rings is 1. The summed E-state index contributed by atoms with van der Waals surface area (Å²) in [5.74, 6) is 0.227. The number of hydrogen-bond acceptors (Lipinski definition) is 3. The first-order valence-corrected chi connectivity index (χ1v) is 8.53. The van der Waals surface area contributed by atoms with Gasteiger partial charge < -0.3 is 10.4 Å². The van der Waals surface area contributed by atoms with Crippen LogP contribution >= 0.6 is 22.9 Å². The Bertz CT molecular complexity index is 669. The molecule has 1 fully saturated rings. The summed E-state index contributed by atoms with van der Waals surface area (Å²) in [7, 11) is 0. The Kier molecular flexibility index (Phi) is 4.26. The zero-order valence-electron chi connectivity index (χ0n) is 12.3. The number of rotatable bonds is 5. The van der Waals surface area contributed by atoms with Crippen LogP contribution in [0.15, 0.2) is 41.8 Å². The highest BCUT2D eigenvalue weighted by Gasteiger charge is 2.44. The van der Waals surface area contributed by atoms with Gasteiger partial charge in [-0.3, -0.25) is 4.79 Å². The number of halogens is 1. The third-order valence-electron chi connectivity index (χ3n) is 4.06. The lowest BCUT2D eigenvalue weighted by molar-refractivity contribution is -0.123. The minimum absolute atomic E-state index is 0.00167. The highest BCUT2D eigenvalue weighted by molar-refractivity contribution is 7.10. The molecular weight excluding hydrogens is 318 g/mol. The van der Waals surface area contributed by atoms with Crippen LogP contribution < -0.4 is 5.32 Å². The lowest BCUT2D eigenvalue weighted by Crippen LogP contribution is -2.38. The summed E-state index contributed by atoms with van der Waals surface area (Å²) in [6, 6.07) is 11.4. The fraction of sp³-hybridized carbons (Fsp3) is 0.353. The van der Waals surface area contributed by atoms with E-state index in [0.717, 1.165) is 16.9 Å². The van der Waals surface area contributed by atoms with Crippen molar-refractivity contribution < 1.29 is 9.90 Å². The average Bonchev–Trinajstić information content (AvgIpc) is 3.09. The second-order valence-electron chi connectivity index (χ2n) is 5.97. The van der Waals surface area contributed by atoms with Gasteiger partial charge in [-0.25, -0.2) is 0 Å². The van der Waals surface area contributed by atoms with Crippen LogP contribution in [0.5, 0.6) is 0 Å². The number of carbonyl (C=O) groups excluding carboxylic acids is 1. The van der Waals surface area contributed by atoms with Gasteiger partial charge in [0.2, 0.25) is 5.91 Å². The number of benzene rings is 1. The summed E-state index contributed by atoms with van der Waals surface area (Å²) < 4.78 is 0. The first-order chi connectivity index (χ1) is 10.5. The molecule has 0 aliphatic heterocycles. The molecule has 3 nitrogen and oxygen atoms in total. The zero-order chi connectivity index (χ0) is 15.7. The summed E-state index contributed by atoms with van der Waals surface area (Å²) in [6.07, 6.45) is 0.841. The van der Waals surface area contributed by atoms with Crippen molar-refractivity contribution in [3.8, 4) is 0 Å². The summed E-state index contributed by atoms with van der Waals surface area (Å²) in [5, 5.41) is 15.9. The van der Waals surface area contributed by atoms with Crippen molar-refractivity contribution in [3.63, 3.8) is 0 Å². The highest BCUT2D eigenvalue weighted by atomic mass is 35.5. The van der Waals surface area contributed by atoms with Crippen LogP contribution in [-0.2, 0) is 10.4 Å². The fourth-order valence-corrected chi connectivity index (χ4v) is 3.64. The fourth-order valence-electron chi connectivity index (χ4n) is 2.65. The number of hydrogen-bond donors (Lipinski definition) is 2. The number of amides is 1. The van der Waals surface area contributed by atoms with Crippen LogP contribution in [0, 0.1) is 5.92 Å². The summed E-state index contributed by atoms with van der Waals surface area (Å²) in [6.45, 7) is 1.95. The first kappa shape index (κ1) is 15.5. The molecule has 3 unspecified atom stereocenters. The predicted molar refractivity (Wildman–Crippen MR) is 89.2 cm³/mol. The monoisotopic (exact) mass is 335 g/mol. The number of carbonyl (C=O) groups is 1. The molecular formula is C17H18ClNO2S. The minimum Gasteiger partial charge on any atom is -0.383 e. The molecule has 1 aliphatic carbocycles. The van der Waals surface area contributed by atoms with Gasteiger partial charge in [0.05, 0.1) is 6.54 Å². The van der Waals surface area contributed by atoms with Crippen LogP contribution in [0.2, 0.25) is 5.02 Å². The van der Waals surface area contributed by atoms with Gasteiger partial charge in [-0.2, -0.15) is 0 Å². The van der Waals surface area contributed by atoms with Crippen molar-refractivity contribution >= 4 is 28.8 Å². The van der Waals surface area contributed by atoms with Crippen LogP contribution in [0.3, 0.4) is 0 Å². The van der Waals surface area contributed by atoms with Crippen molar-refractivity contribution in [1.29, 1.82) is 0 Å². The molecule has 116 valence electrons. The Labute approximate surface area is 138 Å². The Morgan fingerprint density at radius 3 is 2.95 bits per heavy atom. The van der Waals surface area contributed by atoms with Crippen molar-refractivity contribution in [2.24, 2.45) is 5.92 Å². The van der Waals surface area contributed by atoms with Crippen LogP contribution in [0.1, 0.15) is 29.7 Å². The third kappa shape index (κ3) is 3.35. The highest BCUT2D eigenvalue weighted by Crippen LogP contribution is 2.48. The predicted octanol–water partition coefficient (Wildman–Crippen LogP) is 3.53. The Morgan fingerprint density at radius 1 is 1.45 bits per heavy atom.